The van der Waals surface area contributed by atoms with E-state index in [9.17, 15) is 9.59 Å². The molecule has 0 radical (unpaired) electrons. The number of allylic oxidation sites excluding steroid dienone is 4. The second-order valence-corrected chi connectivity index (χ2v) is 20.3. The van der Waals surface area contributed by atoms with E-state index in [4.69, 9.17) is 14.2 Å². The van der Waals surface area contributed by atoms with Gasteiger partial charge in [0.2, 0.25) is 0 Å². The van der Waals surface area contributed by atoms with Crippen LogP contribution in [0.25, 0.3) is 0 Å². The summed E-state index contributed by atoms with van der Waals surface area (Å²) in [5.74, 6) is -0.373. The molecule has 0 aliphatic rings. The summed E-state index contributed by atoms with van der Waals surface area (Å²) in [4.78, 5) is 25.5. The molecule has 5 heteroatoms. The summed E-state index contributed by atoms with van der Waals surface area (Å²) in [5.41, 5.74) is 0. The number of esters is 2. The standard InChI is InChI=1S/C61H116O5/c1-4-7-10-13-16-19-22-25-28-29-30-31-32-35-38-41-44-47-50-53-56-64-57-59(66-61(63)55-52-49-46-43-40-37-34-27-24-21-18-15-12-9-6-3)58-65-60(62)54-51-48-45-42-39-36-33-26-23-20-17-14-11-8-5-2/h16,19,25,28,59H,4-15,17-18,20-24,26-27,29-58H2,1-3H3/b19-16-,28-25-. The van der Waals surface area contributed by atoms with Gasteiger partial charge in [-0.2, -0.15) is 0 Å². The van der Waals surface area contributed by atoms with E-state index in [0.717, 1.165) is 44.9 Å². The summed E-state index contributed by atoms with van der Waals surface area (Å²) in [7, 11) is 0. The molecule has 0 fully saturated rings. The number of hydrogen-bond acceptors (Lipinski definition) is 5. The molecule has 0 spiro atoms. The average Bonchev–Trinajstić information content (AvgIpc) is 3.32. The highest BCUT2D eigenvalue weighted by molar-refractivity contribution is 5.70. The Morgan fingerprint density at radius 2 is 0.636 bits per heavy atom. The van der Waals surface area contributed by atoms with Gasteiger partial charge in [0.1, 0.15) is 6.61 Å². The van der Waals surface area contributed by atoms with E-state index in [1.165, 1.54) is 250 Å². The maximum absolute atomic E-state index is 12.9. The molecule has 0 heterocycles. The van der Waals surface area contributed by atoms with E-state index in [-0.39, 0.29) is 18.5 Å². The van der Waals surface area contributed by atoms with Gasteiger partial charge in [-0.05, 0) is 51.4 Å². The summed E-state index contributed by atoms with van der Waals surface area (Å²) >= 11 is 0. The van der Waals surface area contributed by atoms with Crippen molar-refractivity contribution in [3.8, 4) is 0 Å². The molecule has 1 unspecified atom stereocenters. The Kier molecular flexibility index (Phi) is 56.3. The van der Waals surface area contributed by atoms with E-state index in [1.807, 2.05) is 0 Å². The van der Waals surface area contributed by atoms with Gasteiger partial charge in [0.15, 0.2) is 6.10 Å². The molecule has 0 saturated carbocycles. The Hall–Kier alpha value is -1.62. The minimum absolute atomic E-state index is 0.0930. The first kappa shape index (κ1) is 64.4. The van der Waals surface area contributed by atoms with Crippen LogP contribution < -0.4 is 0 Å². The molecule has 0 N–H and O–H groups in total. The predicted molar refractivity (Wildman–Crippen MR) is 289 cm³/mol. The Bertz CT molecular complexity index is 1010. The fourth-order valence-electron chi connectivity index (χ4n) is 9.01. The summed E-state index contributed by atoms with van der Waals surface area (Å²) in [5, 5.41) is 0. The molecule has 5 nitrogen and oxygen atoms in total. The molecule has 0 aromatic heterocycles. The van der Waals surface area contributed by atoms with Crippen molar-refractivity contribution in [2.24, 2.45) is 0 Å². The zero-order chi connectivity index (χ0) is 47.7. The predicted octanol–water partition coefficient (Wildman–Crippen LogP) is 20.4. The average molecular weight is 930 g/mol. The third kappa shape index (κ3) is 55.0. The topological polar surface area (TPSA) is 61.8 Å². The second-order valence-electron chi connectivity index (χ2n) is 20.3. The lowest BCUT2D eigenvalue weighted by Gasteiger charge is -2.18. The van der Waals surface area contributed by atoms with E-state index < -0.39 is 6.10 Å². The number of rotatable bonds is 56. The molecule has 0 saturated heterocycles. The molecule has 0 bridgehead atoms. The maximum Gasteiger partial charge on any atom is 0.306 e. The number of hydrogen-bond donors (Lipinski definition) is 0. The van der Waals surface area contributed by atoms with Crippen molar-refractivity contribution >= 4 is 11.9 Å². The molecule has 1 atom stereocenters. The third-order valence-corrected chi connectivity index (χ3v) is 13.5. The zero-order valence-electron chi connectivity index (χ0n) is 45.0. The Morgan fingerprint density at radius 1 is 0.333 bits per heavy atom. The van der Waals surface area contributed by atoms with E-state index in [1.54, 1.807) is 0 Å². The Balaban J connectivity index is 4.20. The summed E-state index contributed by atoms with van der Waals surface area (Å²) in [6.07, 6.45) is 69.1. The number of carbonyl (C=O) groups is 2. The number of unbranched alkanes of at least 4 members (excludes halogenated alkanes) is 41. The van der Waals surface area contributed by atoms with E-state index in [2.05, 4.69) is 45.1 Å². The van der Waals surface area contributed by atoms with Gasteiger partial charge in [0.25, 0.3) is 0 Å². The Labute approximate surface area is 413 Å². The van der Waals surface area contributed by atoms with Crippen molar-refractivity contribution in [1.82, 2.24) is 0 Å². The summed E-state index contributed by atoms with van der Waals surface area (Å²) in [6, 6.07) is 0. The van der Waals surface area contributed by atoms with Gasteiger partial charge < -0.3 is 14.2 Å². The molecule has 390 valence electrons. The van der Waals surface area contributed by atoms with Gasteiger partial charge >= 0.3 is 11.9 Å². The lowest BCUT2D eigenvalue weighted by Crippen LogP contribution is -2.30. The molecular weight excluding hydrogens is 813 g/mol. The number of carbonyl (C=O) groups excluding carboxylic acids is 2. The largest absolute Gasteiger partial charge is 0.462 e. The summed E-state index contributed by atoms with van der Waals surface area (Å²) in [6.45, 7) is 7.87. The fourth-order valence-corrected chi connectivity index (χ4v) is 9.01. The molecule has 0 aliphatic heterocycles. The van der Waals surface area contributed by atoms with Gasteiger partial charge in [-0.15, -0.1) is 0 Å². The smallest absolute Gasteiger partial charge is 0.306 e. The monoisotopic (exact) mass is 929 g/mol. The number of ether oxygens (including phenoxy) is 3. The third-order valence-electron chi connectivity index (χ3n) is 13.5. The first-order chi connectivity index (χ1) is 32.6. The minimum atomic E-state index is -0.530. The van der Waals surface area contributed by atoms with Crippen molar-refractivity contribution < 1.29 is 23.8 Å². The first-order valence-corrected chi connectivity index (χ1v) is 29.9. The van der Waals surface area contributed by atoms with Gasteiger partial charge in [-0.1, -0.05) is 289 Å². The quantitative estimate of drug-likeness (QED) is 0.0345. The second kappa shape index (κ2) is 57.7. The van der Waals surface area contributed by atoms with Crippen LogP contribution in [0.4, 0.5) is 0 Å². The van der Waals surface area contributed by atoms with Crippen molar-refractivity contribution in [1.29, 1.82) is 0 Å². The van der Waals surface area contributed by atoms with Crippen LogP contribution in [0.1, 0.15) is 329 Å². The molecular formula is C61H116O5. The zero-order valence-corrected chi connectivity index (χ0v) is 45.0. The van der Waals surface area contributed by atoms with Crippen molar-refractivity contribution in [3.05, 3.63) is 24.3 Å². The summed E-state index contributed by atoms with van der Waals surface area (Å²) < 4.78 is 17.5. The van der Waals surface area contributed by atoms with Crippen molar-refractivity contribution in [3.63, 3.8) is 0 Å². The Morgan fingerprint density at radius 3 is 1.03 bits per heavy atom. The van der Waals surface area contributed by atoms with Crippen LogP contribution in [0.5, 0.6) is 0 Å². The first-order valence-electron chi connectivity index (χ1n) is 29.9. The molecule has 0 aromatic carbocycles. The SMILES string of the molecule is CCCCC/C=C\C/C=C\CCCCCCCCCCCCOCC(COC(=O)CCCCCCCCCCCCCCCCC)OC(=O)CCCCCCCCCCCCCCCCC. The maximum atomic E-state index is 12.9. The fraction of sp³-hybridized carbons (Fsp3) is 0.902. The highest BCUT2D eigenvalue weighted by Crippen LogP contribution is 2.17. The van der Waals surface area contributed by atoms with Crippen molar-refractivity contribution in [2.75, 3.05) is 19.8 Å². The van der Waals surface area contributed by atoms with Gasteiger partial charge in [-0.3, -0.25) is 9.59 Å². The van der Waals surface area contributed by atoms with E-state index in [0.29, 0.717) is 26.1 Å². The van der Waals surface area contributed by atoms with Crippen molar-refractivity contribution in [2.45, 2.75) is 335 Å². The molecule has 0 amide bonds. The molecule has 0 aliphatic carbocycles. The van der Waals surface area contributed by atoms with Crippen LogP contribution in [0.15, 0.2) is 24.3 Å². The van der Waals surface area contributed by atoms with Crippen LogP contribution in [0, 0.1) is 0 Å². The highest BCUT2D eigenvalue weighted by Gasteiger charge is 2.17. The lowest BCUT2D eigenvalue weighted by molar-refractivity contribution is -0.163. The van der Waals surface area contributed by atoms with E-state index >= 15 is 0 Å². The van der Waals surface area contributed by atoms with Gasteiger partial charge in [0, 0.05) is 19.4 Å². The van der Waals surface area contributed by atoms with Gasteiger partial charge in [-0.25, -0.2) is 0 Å². The minimum Gasteiger partial charge on any atom is -0.462 e. The lowest BCUT2D eigenvalue weighted by atomic mass is 10.0. The van der Waals surface area contributed by atoms with Gasteiger partial charge in [0.05, 0.1) is 6.61 Å². The molecule has 0 rings (SSSR count). The van der Waals surface area contributed by atoms with Crippen LogP contribution in [0.3, 0.4) is 0 Å². The normalized spacial score (nSPS) is 12.2. The van der Waals surface area contributed by atoms with Crippen LogP contribution in [-0.2, 0) is 23.8 Å². The molecule has 66 heavy (non-hydrogen) atoms. The van der Waals surface area contributed by atoms with Crippen LogP contribution >= 0.6 is 0 Å². The van der Waals surface area contributed by atoms with Crippen LogP contribution in [0.2, 0.25) is 0 Å². The highest BCUT2D eigenvalue weighted by atomic mass is 16.6. The molecule has 0 aromatic rings. The van der Waals surface area contributed by atoms with Crippen LogP contribution in [-0.4, -0.2) is 37.9 Å².